The minimum Gasteiger partial charge on any atom is -0.381 e. The maximum atomic E-state index is 5.35. The van der Waals surface area contributed by atoms with Crippen LogP contribution in [0.25, 0.3) is 0 Å². The van der Waals surface area contributed by atoms with E-state index >= 15 is 0 Å². The summed E-state index contributed by atoms with van der Waals surface area (Å²) in [4.78, 5) is 4.22. The third-order valence-corrected chi connectivity index (χ3v) is 4.44. The lowest BCUT2D eigenvalue weighted by atomic mass is 10.1. The van der Waals surface area contributed by atoms with E-state index in [4.69, 9.17) is 4.74 Å². The number of thiophene rings is 1. The molecule has 1 unspecified atom stereocenters. The number of ether oxygens (including phenoxy) is 1. The van der Waals surface area contributed by atoms with Crippen LogP contribution in [0.4, 0.5) is 0 Å². The number of guanidine groups is 1. The van der Waals surface area contributed by atoms with Crippen LogP contribution in [0.1, 0.15) is 12.0 Å². The summed E-state index contributed by atoms with van der Waals surface area (Å²) in [5.74, 6) is 1.46. The van der Waals surface area contributed by atoms with E-state index in [-0.39, 0.29) is 24.0 Å². The number of hydrogen-bond donors (Lipinski definition) is 2. The molecule has 19 heavy (non-hydrogen) atoms. The number of hydrogen-bond acceptors (Lipinski definition) is 3. The van der Waals surface area contributed by atoms with Crippen molar-refractivity contribution in [1.29, 1.82) is 0 Å². The molecule has 1 fully saturated rings. The number of rotatable bonds is 4. The molecule has 7 heteroatoms. The Balaban J connectivity index is 0.00000180. The maximum absolute atomic E-state index is 5.35. The predicted molar refractivity (Wildman–Crippen MR) is 94.6 cm³/mol. The zero-order valence-electron chi connectivity index (χ0n) is 10.8. The van der Waals surface area contributed by atoms with Crippen LogP contribution in [-0.2, 0) is 11.3 Å². The van der Waals surface area contributed by atoms with Crippen LogP contribution in [0.3, 0.4) is 0 Å². The van der Waals surface area contributed by atoms with E-state index in [1.165, 1.54) is 5.56 Å². The first-order valence-electron chi connectivity index (χ1n) is 6.03. The molecule has 2 heterocycles. The molecule has 0 spiro atoms. The molecule has 0 bridgehead atoms. The monoisotopic (exact) mass is 459 g/mol. The van der Waals surface area contributed by atoms with Crippen molar-refractivity contribution in [2.45, 2.75) is 13.0 Å². The van der Waals surface area contributed by atoms with Gasteiger partial charge in [0.2, 0.25) is 0 Å². The van der Waals surface area contributed by atoms with Crippen LogP contribution >= 0.6 is 51.2 Å². The van der Waals surface area contributed by atoms with E-state index in [2.05, 4.69) is 43.0 Å². The first-order chi connectivity index (χ1) is 8.78. The SMILES string of the molecule is CN=C(NCc1csc(Br)c1)NCC1CCOC1.I. The van der Waals surface area contributed by atoms with E-state index < -0.39 is 0 Å². The van der Waals surface area contributed by atoms with Gasteiger partial charge in [-0.15, -0.1) is 35.3 Å². The molecular weight excluding hydrogens is 441 g/mol. The van der Waals surface area contributed by atoms with Crippen LogP contribution in [0.2, 0.25) is 0 Å². The van der Waals surface area contributed by atoms with Crippen molar-refractivity contribution in [3.63, 3.8) is 0 Å². The Kier molecular flexibility index (Phi) is 8.27. The molecule has 2 rings (SSSR count). The minimum atomic E-state index is 0. The van der Waals surface area contributed by atoms with Crippen molar-refractivity contribution >= 4 is 57.2 Å². The van der Waals surface area contributed by atoms with Crippen molar-refractivity contribution in [1.82, 2.24) is 10.6 Å². The summed E-state index contributed by atoms with van der Waals surface area (Å²) >= 11 is 5.16. The van der Waals surface area contributed by atoms with Gasteiger partial charge in [0, 0.05) is 32.7 Å². The van der Waals surface area contributed by atoms with Gasteiger partial charge < -0.3 is 15.4 Å². The number of halogens is 2. The van der Waals surface area contributed by atoms with Gasteiger partial charge in [-0.1, -0.05) is 0 Å². The molecule has 0 aliphatic carbocycles. The number of nitrogens with one attached hydrogen (secondary N) is 2. The Morgan fingerprint density at radius 1 is 1.58 bits per heavy atom. The summed E-state index contributed by atoms with van der Waals surface area (Å²) in [6.07, 6.45) is 1.14. The van der Waals surface area contributed by atoms with Crippen molar-refractivity contribution in [2.75, 3.05) is 26.8 Å². The zero-order valence-corrected chi connectivity index (χ0v) is 15.6. The van der Waals surface area contributed by atoms with Gasteiger partial charge in [-0.25, -0.2) is 0 Å². The fourth-order valence-electron chi connectivity index (χ4n) is 1.83. The molecule has 4 nitrogen and oxygen atoms in total. The predicted octanol–water partition coefficient (Wildman–Crippen LogP) is 2.83. The Hall–Kier alpha value is 0.140. The second kappa shape index (κ2) is 9.15. The highest BCUT2D eigenvalue weighted by atomic mass is 127. The zero-order chi connectivity index (χ0) is 12.8. The fraction of sp³-hybridized carbons (Fsp3) is 0.583. The van der Waals surface area contributed by atoms with E-state index in [9.17, 15) is 0 Å². The lowest BCUT2D eigenvalue weighted by Gasteiger charge is -2.13. The standard InChI is InChI=1S/C12H18BrN3OS.HI/c1-14-12(15-5-9-2-3-17-7-9)16-6-10-4-11(13)18-8-10;/h4,8-9H,2-3,5-7H2,1H3,(H2,14,15,16);1H. The van der Waals surface area contributed by atoms with Crippen LogP contribution < -0.4 is 10.6 Å². The molecule has 1 aromatic heterocycles. The van der Waals surface area contributed by atoms with Gasteiger partial charge in [0.15, 0.2) is 5.96 Å². The topological polar surface area (TPSA) is 45.7 Å². The molecule has 108 valence electrons. The lowest BCUT2D eigenvalue weighted by Crippen LogP contribution is -2.39. The number of aliphatic imine (C=N–C) groups is 1. The Morgan fingerprint density at radius 2 is 2.42 bits per heavy atom. The van der Waals surface area contributed by atoms with Crippen molar-refractivity contribution in [3.05, 3.63) is 20.8 Å². The normalized spacial score (nSPS) is 19.1. The summed E-state index contributed by atoms with van der Waals surface area (Å²) in [7, 11) is 1.80. The van der Waals surface area contributed by atoms with E-state index in [1.54, 1.807) is 18.4 Å². The first kappa shape index (κ1) is 17.2. The fourth-order valence-corrected chi connectivity index (χ4v) is 3.04. The van der Waals surface area contributed by atoms with E-state index in [0.29, 0.717) is 5.92 Å². The Bertz CT molecular complexity index is 407. The second-order valence-electron chi connectivity index (χ2n) is 4.30. The maximum Gasteiger partial charge on any atom is 0.191 e. The average molecular weight is 460 g/mol. The molecule has 0 radical (unpaired) electrons. The molecule has 1 aliphatic rings. The smallest absolute Gasteiger partial charge is 0.191 e. The molecule has 1 saturated heterocycles. The van der Waals surface area contributed by atoms with Crippen LogP contribution in [-0.4, -0.2) is 32.8 Å². The largest absolute Gasteiger partial charge is 0.381 e. The van der Waals surface area contributed by atoms with Gasteiger partial charge in [-0.2, -0.15) is 0 Å². The molecule has 2 N–H and O–H groups in total. The summed E-state index contributed by atoms with van der Waals surface area (Å²) in [5, 5.41) is 8.78. The molecule has 0 saturated carbocycles. The van der Waals surface area contributed by atoms with E-state index in [0.717, 1.165) is 42.5 Å². The molecular formula is C12H19BrIN3OS. The average Bonchev–Trinajstić information content (AvgIpc) is 3.01. The van der Waals surface area contributed by atoms with Gasteiger partial charge in [0.25, 0.3) is 0 Å². The molecule has 1 atom stereocenters. The van der Waals surface area contributed by atoms with Crippen LogP contribution in [0.15, 0.2) is 20.2 Å². The van der Waals surface area contributed by atoms with Gasteiger partial charge >= 0.3 is 0 Å². The number of nitrogens with zero attached hydrogens (tertiary/aromatic N) is 1. The summed E-state index contributed by atoms with van der Waals surface area (Å²) in [6.45, 7) is 3.47. The molecule has 0 aromatic carbocycles. The highest BCUT2D eigenvalue weighted by Crippen LogP contribution is 2.20. The second-order valence-corrected chi connectivity index (χ2v) is 6.59. The Morgan fingerprint density at radius 3 is 3.00 bits per heavy atom. The van der Waals surface area contributed by atoms with Crippen molar-refractivity contribution < 1.29 is 4.74 Å². The summed E-state index contributed by atoms with van der Waals surface area (Å²) in [6, 6.07) is 2.12. The third-order valence-electron chi connectivity index (χ3n) is 2.89. The lowest BCUT2D eigenvalue weighted by molar-refractivity contribution is 0.186. The summed E-state index contributed by atoms with van der Waals surface area (Å²) < 4.78 is 6.51. The third kappa shape index (κ3) is 5.97. The van der Waals surface area contributed by atoms with Crippen LogP contribution in [0, 0.1) is 5.92 Å². The molecule has 1 aromatic rings. The van der Waals surface area contributed by atoms with Gasteiger partial charge in [0.05, 0.1) is 10.4 Å². The molecule has 1 aliphatic heterocycles. The van der Waals surface area contributed by atoms with Gasteiger partial charge in [-0.05, 0) is 39.4 Å². The Labute approximate surface area is 143 Å². The molecule has 0 amide bonds. The first-order valence-corrected chi connectivity index (χ1v) is 7.70. The van der Waals surface area contributed by atoms with Gasteiger partial charge in [-0.3, -0.25) is 4.99 Å². The van der Waals surface area contributed by atoms with Crippen molar-refractivity contribution in [3.8, 4) is 0 Å². The highest BCUT2D eigenvalue weighted by Gasteiger charge is 2.15. The summed E-state index contributed by atoms with van der Waals surface area (Å²) in [5.41, 5.74) is 1.26. The van der Waals surface area contributed by atoms with Gasteiger partial charge in [0.1, 0.15) is 0 Å². The van der Waals surface area contributed by atoms with E-state index in [1.807, 2.05) is 0 Å². The van der Waals surface area contributed by atoms with Crippen molar-refractivity contribution in [2.24, 2.45) is 10.9 Å². The minimum absolute atomic E-state index is 0. The quantitative estimate of drug-likeness (QED) is 0.413. The highest BCUT2D eigenvalue weighted by molar-refractivity contribution is 14.0. The van der Waals surface area contributed by atoms with Crippen LogP contribution in [0.5, 0.6) is 0 Å².